The van der Waals surface area contributed by atoms with Crippen molar-refractivity contribution in [2.45, 2.75) is 26.7 Å². The first-order valence-corrected chi connectivity index (χ1v) is 5.81. The van der Waals surface area contributed by atoms with E-state index in [0.717, 1.165) is 11.1 Å². The van der Waals surface area contributed by atoms with Crippen LogP contribution in [0.2, 0.25) is 0 Å². The Bertz CT molecular complexity index is 572. The molecule has 4 heteroatoms. The molecule has 0 unspecified atom stereocenters. The van der Waals surface area contributed by atoms with Gasteiger partial charge in [0.2, 0.25) is 5.89 Å². The summed E-state index contributed by atoms with van der Waals surface area (Å²) in [5.41, 5.74) is 2.77. The molecule has 0 aliphatic heterocycles. The molecule has 2 aromatic rings. The smallest absolute Gasteiger partial charge is 0.303 e. The number of aromatic nitrogens is 1. The van der Waals surface area contributed by atoms with Crippen LogP contribution in [-0.2, 0) is 11.2 Å². The predicted molar refractivity (Wildman–Crippen MR) is 67.4 cm³/mol. The van der Waals surface area contributed by atoms with Gasteiger partial charge in [-0.25, -0.2) is 4.98 Å². The fourth-order valence-electron chi connectivity index (χ4n) is 1.79. The van der Waals surface area contributed by atoms with Crippen LogP contribution in [0.25, 0.3) is 11.5 Å². The van der Waals surface area contributed by atoms with Gasteiger partial charge in [-0.1, -0.05) is 17.7 Å². The second kappa shape index (κ2) is 5.04. The molecule has 2 rings (SSSR count). The van der Waals surface area contributed by atoms with Crippen LogP contribution in [0.1, 0.15) is 23.4 Å². The van der Waals surface area contributed by atoms with Crippen LogP contribution in [-0.4, -0.2) is 16.1 Å². The number of carbonyl (C=O) groups is 1. The molecule has 1 aromatic carbocycles. The number of oxazole rings is 1. The molecule has 0 aliphatic rings. The molecular formula is C14H15NO3. The van der Waals surface area contributed by atoms with Gasteiger partial charge in [0.15, 0.2) is 0 Å². The van der Waals surface area contributed by atoms with Crippen molar-refractivity contribution in [3.8, 4) is 11.5 Å². The van der Waals surface area contributed by atoms with Crippen molar-refractivity contribution >= 4 is 5.97 Å². The Labute approximate surface area is 105 Å². The highest BCUT2D eigenvalue weighted by Gasteiger charge is 2.12. The lowest BCUT2D eigenvalue weighted by Crippen LogP contribution is -1.98. The average molecular weight is 245 g/mol. The van der Waals surface area contributed by atoms with E-state index in [-0.39, 0.29) is 6.42 Å². The number of rotatable bonds is 4. The summed E-state index contributed by atoms with van der Waals surface area (Å²) in [7, 11) is 0. The van der Waals surface area contributed by atoms with Crippen molar-refractivity contribution in [3.05, 3.63) is 41.3 Å². The van der Waals surface area contributed by atoms with Crippen LogP contribution < -0.4 is 0 Å². The first-order valence-electron chi connectivity index (χ1n) is 5.81. The highest BCUT2D eigenvalue weighted by molar-refractivity contribution is 5.67. The van der Waals surface area contributed by atoms with Gasteiger partial charge in [-0.05, 0) is 26.0 Å². The summed E-state index contributed by atoms with van der Waals surface area (Å²) in [6.45, 7) is 3.81. The largest absolute Gasteiger partial charge is 0.481 e. The first-order chi connectivity index (χ1) is 8.56. The van der Waals surface area contributed by atoms with Crippen LogP contribution >= 0.6 is 0 Å². The summed E-state index contributed by atoms with van der Waals surface area (Å²) in [4.78, 5) is 14.9. The number of benzene rings is 1. The molecule has 0 saturated heterocycles. The quantitative estimate of drug-likeness (QED) is 0.899. The van der Waals surface area contributed by atoms with E-state index in [4.69, 9.17) is 9.52 Å². The molecule has 0 fully saturated rings. The molecule has 1 N–H and O–H groups in total. The Balaban J connectivity index is 2.25. The number of hydrogen-bond donors (Lipinski definition) is 1. The number of nitrogens with zero attached hydrogens (tertiary/aromatic N) is 1. The summed E-state index contributed by atoms with van der Waals surface area (Å²) in [5, 5.41) is 8.67. The number of hydrogen-bond acceptors (Lipinski definition) is 3. The van der Waals surface area contributed by atoms with Gasteiger partial charge in [0.1, 0.15) is 5.76 Å². The van der Waals surface area contributed by atoms with Crippen molar-refractivity contribution in [1.82, 2.24) is 4.98 Å². The van der Waals surface area contributed by atoms with E-state index >= 15 is 0 Å². The maximum atomic E-state index is 10.5. The fourth-order valence-corrected chi connectivity index (χ4v) is 1.79. The maximum Gasteiger partial charge on any atom is 0.303 e. The highest BCUT2D eigenvalue weighted by Crippen LogP contribution is 2.23. The highest BCUT2D eigenvalue weighted by atomic mass is 16.4. The van der Waals surface area contributed by atoms with Gasteiger partial charge >= 0.3 is 5.97 Å². The van der Waals surface area contributed by atoms with E-state index in [1.165, 1.54) is 0 Å². The van der Waals surface area contributed by atoms with Crippen LogP contribution in [0.15, 0.2) is 28.7 Å². The number of aliphatic carboxylic acids is 1. The van der Waals surface area contributed by atoms with Crippen LogP contribution in [0.4, 0.5) is 0 Å². The van der Waals surface area contributed by atoms with E-state index in [1.54, 1.807) is 0 Å². The second-order valence-electron chi connectivity index (χ2n) is 4.29. The molecule has 0 saturated carbocycles. The Morgan fingerprint density at radius 1 is 1.39 bits per heavy atom. The minimum absolute atomic E-state index is 0.0701. The number of aryl methyl sites for hydroxylation is 3. The number of carboxylic acids is 1. The van der Waals surface area contributed by atoms with E-state index in [0.29, 0.717) is 23.8 Å². The zero-order valence-corrected chi connectivity index (χ0v) is 10.4. The molecule has 0 amide bonds. The van der Waals surface area contributed by atoms with Gasteiger partial charge < -0.3 is 9.52 Å². The molecule has 0 radical (unpaired) electrons. The molecule has 4 nitrogen and oxygen atoms in total. The third kappa shape index (κ3) is 2.77. The predicted octanol–water partition coefficient (Wildman–Crippen LogP) is 2.98. The van der Waals surface area contributed by atoms with Gasteiger partial charge in [-0.3, -0.25) is 4.79 Å². The standard InChI is InChI=1S/C14H15NO3/c1-9-4-3-5-11(8-9)14-15-12(10(2)18-14)6-7-13(16)17/h3-5,8H,6-7H2,1-2H3,(H,16,17). The van der Waals surface area contributed by atoms with E-state index in [2.05, 4.69) is 4.98 Å². The normalized spacial score (nSPS) is 10.6. The van der Waals surface area contributed by atoms with Gasteiger partial charge in [-0.15, -0.1) is 0 Å². The Morgan fingerprint density at radius 2 is 2.17 bits per heavy atom. The second-order valence-corrected chi connectivity index (χ2v) is 4.29. The topological polar surface area (TPSA) is 63.3 Å². The molecule has 0 atom stereocenters. The van der Waals surface area contributed by atoms with Gasteiger partial charge in [-0.2, -0.15) is 0 Å². The number of carboxylic acid groups (broad SMARTS) is 1. The van der Waals surface area contributed by atoms with Gasteiger partial charge in [0.25, 0.3) is 0 Å². The summed E-state index contributed by atoms with van der Waals surface area (Å²) < 4.78 is 5.58. The summed E-state index contributed by atoms with van der Waals surface area (Å²) in [5.74, 6) is 0.416. The molecular weight excluding hydrogens is 230 g/mol. The average Bonchev–Trinajstić information content (AvgIpc) is 2.68. The minimum atomic E-state index is -0.825. The Hall–Kier alpha value is -2.10. The van der Waals surface area contributed by atoms with Crippen molar-refractivity contribution in [3.63, 3.8) is 0 Å². The molecule has 1 aromatic heterocycles. The lowest BCUT2D eigenvalue weighted by Gasteiger charge is -1.96. The lowest BCUT2D eigenvalue weighted by molar-refractivity contribution is -0.136. The first kappa shape index (κ1) is 12.4. The van der Waals surface area contributed by atoms with Crippen molar-refractivity contribution < 1.29 is 14.3 Å². The Morgan fingerprint density at radius 3 is 2.83 bits per heavy atom. The third-order valence-electron chi connectivity index (χ3n) is 2.73. The zero-order chi connectivity index (χ0) is 13.1. The molecule has 1 heterocycles. The maximum absolute atomic E-state index is 10.5. The minimum Gasteiger partial charge on any atom is -0.481 e. The molecule has 18 heavy (non-hydrogen) atoms. The summed E-state index contributed by atoms with van der Waals surface area (Å²) in [6, 6.07) is 7.87. The van der Waals surface area contributed by atoms with E-state index < -0.39 is 5.97 Å². The monoisotopic (exact) mass is 245 g/mol. The molecule has 0 spiro atoms. The van der Waals surface area contributed by atoms with Crippen molar-refractivity contribution in [2.24, 2.45) is 0 Å². The molecule has 94 valence electrons. The van der Waals surface area contributed by atoms with Gasteiger partial charge in [0, 0.05) is 12.0 Å². The van der Waals surface area contributed by atoms with Crippen LogP contribution in [0, 0.1) is 13.8 Å². The summed E-state index contributed by atoms with van der Waals surface area (Å²) >= 11 is 0. The fraction of sp³-hybridized carbons (Fsp3) is 0.286. The van der Waals surface area contributed by atoms with Crippen LogP contribution in [0.3, 0.4) is 0 Å². The van der Waals surface area contributed by atoms with Gasteiger partial charge in [0.05, 0.1) is 12.1 Å². The van der Waals surface area contributed by atoms with Crippen LogP contribution in [0.5, 0.6) is 0 Å². The van der Waals surface area contributed by atoms with Crippen molar-refractivity contribution in [1.29, 1.82) is 0 Å². The lowest BCUT2D eigenvalue weighted by atomic mass is 10.1. The molecule has 0 aliphatic carbocycles. The van der Waals surface area contributed by atoms with Crippen molar-refractivity contribution in [2.75, 3.05) is 0 Å². The molecule has 0 bridgehead atoms. The Kier molecular flexibility index (Phi) is 3.46. The van der Waals surface area contributed by atoms with E-state index in [9.17, 15) is 4.79 Å². The zero-order valence-electron chi connectivity index (χ0n) is 10.4. The SMILES string of the molecule is Cc1cccc(-c2nc(CCC(=O)O)c(C)o2)c1. The van der Waals surface area contributed by atoms with E-state index in [1.807, 2.05) is 38.1 Å². The summed E-state index contributed by atoms with van der Waals surface area (Å²) in [6.07, 6.45) is 0.469. The third-order valence-corrected chi connectivity index (χ3v) is 2.73.